The number of rotatable bonds is 7. The molecule has 1 aromatic heterocycles. The van der Waals surface area contributed by atoms with Crippen LogP contribution in [-0.2, 0) is 11.2 Å². The number of aromatic amines is 1. The second-order valence-electron chi connectivity index (χ2n) is 5.97. The third kappa shape index (κ3) is 5.57. The van der Waals surface area contributed by atoms with E-state index in [0.717, 1.165) is 37.4 Å². The van der Waals surface area contributed by atoms with Gasteiger partial charge in [-0.2, -0.15) is 4.98 Å². The lowest BCUT2D eigenvalue weighted by molar-refractivity contribution is -0.119. The first-order valence-electron chi connectivity index (χ1n) is 8.34. The van der Waals surface area contributed by atoms with Crippen molar-refractivity contribution in [3.05, 3.63) is 15.9 Å². The molecular weight excluding hydrogens is 314 g/mol. The molecule has 0 radical (unpaired) electrons. The highest BCUT2D eigenvalue weighted by Gasteiger charge is 2.16. The number of carbonyl (C=O) groups is 1. The van der Waals surface area contributed by atoms with Crippen molar-refractivity contribution in [3.63, 3.8) is 0 Å². The molecule has 1 heterocycles. The van der Waals surface area contributed by atoms with Crippen LogP contribution in [0.1, 0.15) is 57.4 Å². The number of aromatic hydroxyl groups is 1. The van der Waals surface area contributed by atoms with Crippen LogP contribution in [0.5, 0.6) is 5.88 Å². The fourth-order valence-corrected chi connectivity index (χ4v) is 3.43. The maximum atomic E-state index is 12.0. The highest BCUT2D eigenvalue weighted by atomic mass is 32.2. The number of nitrogens with zero attached hydrogens (tertiary/aromatic N) is 1. The molecule has 1 amide bonds. The van der Waals surface area contributed by atoms with E-state index in [1.165, 1.54) is 19.3 Å². The Morgan fingerprint density at radius 3 is 2.78 bits per heavy atom. The summed E-state index contributed by atoms with van der Waals surface area (Å²) in [5.41, 5.74) is 0.00370. The van der Waals surface area contributed by atoms with E-state index in [2.05, 4.69) is 15.3 Å². The third-order valence-corrected chi connectivity index (χ3v) is 4.94. The van der Waals surface area contributed by atoms with Crippen LogP contribution < -0.4 is 10.9 Å². The van der Waals surface area contributed by atoms with Gasteiger partial charge in [0, 0.05) is 6.04 Å². The Labute approximate surface area is 140 Å². The second kappa shape index (κ2) is 8.96. The summed E-state index contributed by atoms with van der Waals surface area (Å²) in [4.78, 5) is 30.5. The molecule has 23 heavy (non-hydrogen) atoms. The molecule has 1 aromatic rings. The normalized spacial score (nSPS) is 15.5. The molecule has 128 valence electrons. The molecule has 1 aliphatic rings. The molecule has 0 bridgehead atoms. The van der Waals surface area contributed by atoms with Crippen LogP contribution in [-0.4, -0.2) is 32.8 Å². The van der Waals surface area contributed by atoms with Gasteiger partial charge >= 0.3 is 0 Å². The molecule has 7 heteroatoms. The summed E-state index contributed by atoms with van der Waals surface area (Å²) in [6.07, 6.45) is 7.94. The van der Waals surface area contributed by atoms with Crippen LogP contribution in [0, 0.1) is 0 Å². The van der Waals surface area contributed by atoms with E-state index in [9.17, 15) is 14.7 Å². The first-order chi connectivity index (χ1) is 11.1. The maximum absolute atomic E-state index is 12.0. The van der Waals surface area contributed by atoms with E-state index in [-0.39, 0.29) is 34.3 Å². The topological polar surface area (TPSA) is 95.1 Å². The van der Waals surface area contributed by atoms with Gasteiger partial charge in [-0.05, 0) is 25.7 Å². The third-order valence-electron chi connectivity index (χ3n) is 4.06. The molecule has 0 saturated heterocycles. The van der Waals surface area contributed by atoms with Gasteiger partial charge in [-0.25, -0.2) is 0 Å². The van der Waals surface area contributed by atoms with Crippen molar-refractivity contribution < 1.29 is 9.90 Å². The van der Waals surface area contributed by atoms with Crippen LogP contribution in [0.25, 0.3) is 0 Å². The number of amides is 1. The molecule has 2 rings (SSSR count). The van der Waals surface area contributed by atoms with Crippen molar-refractivity contribution in [2.75, 3.05) is 5.75 Å². The van der Waals surface area contributed by atoms with Crippen molar-refractivity contribution in [3.8, 4) is 5.88 Å². The van der Waals surface area contributed by atoms with Gasteiger partial charge in [0.05, 0.1) is 11.3 Å². The summed E-state index contributed by atoms with van der Waals surface area (Å²) in [6, 6.07) is 0.272. The molecule has 0 atom stereocenters. The number of hydrogen-bond donors (Lipinski definition) is 3. The quantitative estimate of drug-likeness (QED) is 0.523. The summed E-state index contributed by atoms with van der Waals surface area (Å²) in [6.45, 7) is 2.02. The minimum Gasteiger partial charge on any atom is -0.493 e. The minimum absolute atomic E-state index is 0.0564. The number of carbonyl (C=O) groups excluding carboxylic acids is 1. The number of aromatic nitrogens is 2. The number of nitrogens with one attached hydrogen (secondary N) is 2. The molecular formula is C16H25N3O3S. The van der Waals surface area contributed by atoms with Gasteiger partial charge in [0.25, 0.3) is 5.56 Å². The Morgan fingerprint density at radius 2 is 2.13 bits per heavy atom. The van der Waals surface area contributed by atoms with Crippen LogP contribution in [0.3, 0.4) is 0 Å². The Kier molecular flexibility index (Phi) is 6.95. The van der Waals surface area contributed by atoms with Crippen molar-refractivity contribution in [2.45, 2.75) is 69.5 Å². The van der Waals surface area contributed by atoms with Crippen molar-refractivity contribution in [1.29, 1.82) is 0 Å². The van der Waals surface area contributed by atoms with Crippen LogP contribution in [0.4, 0.5) is 0 Å². The summed E-state index contributed by atoms with van der Waals surface area (Å²) in [5.74, 6) is -0.0933. The largest absolute Gasteiger partial charge is 0.493 e. The number of H-pyrrole nitrogens is 1. The highest BCUT2D eigenvalue weighted by molar-refractivity contribution is 7.99. The van der Waals surface area contributed by atoms with Crippen LogP contribution in [0.2, 0.25) is 0 Å². The van der Waals surface area contributed by atoms with Gasteiger partial charge in [0.1, 0.15) is 0 Å². The fraction of sp³-hybridized carbons (Fsp3) is 0.688. The summed E-state index contributed by atoms with van der Waals surface area (Å²) < 4.78 is 0. The van der Waals surface area contributed by atoms with Gasteiger partial charge in [-0.3, -0.25) is 9.59 Å². The zero-order chi connectivity index (χ0) is 16.7. The zero-order valence-corrected chi connectivity index (χ0v) is 14.4. The molecule has 1 fully saturated rings. The predicted molar refractivity (Wildman–Crippen MR) is 90.9 cm³/mol. The number of unbranched alkanes of at least 4 members (excludes halogenated alkanes) is 1. The molecule has 0 aliphatic heterocycles. The predicted octanol–water partition coefficient (Wildman–Crippen LogP) is 2.36. The van der Waals surface area contributed by atoms with Crippen molar-refractivity contribution in [2.24, 2.45) is 0 Å². The average Bonchev–Trinajstić information content (AvgIpc) is 2.53. The Morgan fingerprint density at radius 1 is 1.39 bits per heavy atom. The molecule has 0 spiro atoms. The van der Waals surface area contributed by atoms with E-state index >= 15 is 0 Å². The monoisotopic (exact) mass is 339 g/mol. The van der Waals surface area contributed by atoms with E-state index in [1.54, 1.807) is 0 Å². The van der Waals surface area contributed by atoms with Crippen molar-refractivity contribution >= 4 is 17.7 Å². The number of hydrogen-bond acceptors (Lipinski definition) is 5. The lowest BCUT2D eigenvalue weighted by Gasteiger charge is -2.22. The summed E-state index contributed by atoms with van der Waals surface area (Å²) in [7, 11) is 0. The summed E-state index contributed by atoms with van der Waals surface area (Å²) in [5, 5.41) is 13.2. The van der Waals surface area contributed by atoms with Crippen molar-refractivity contribution in [1.82, 2.24) is 15.3 Å². The smallest absolute Gasteiger partial charge is 0.258 e. The summed E-state index contributed by atoms with van der Waals surface area (Å²) >= 11 is 1.14. The Hall–Kier alpha value is -1.50. The average molecular weight is 339 g/mol. The van der Waals surface area contributed by atoms with Crippen LogP contribution in [0.15, 0.2) is 9.95 Å². The Bertz CT molecular complexity index is 582. The SMILES string of the molecule is CCCCc1c(O)nc(SCC(=O)NC2CCCCC2)[nH]c1=O. The minimum atomic E-state index is -0.318. The maximum Gasteiger partial charge on any atom is 0.258 e. The van der Waals surface area contributed by atoms with Gasteiger partial charge in [-0.1, -0.05) is 44.4 Å². The molecule has 6 nitrogen and oxygen atoms in total. The Balaban J connectivity index is 1.87. The van der Waals surface area contributed by atoms with Crippen LogP contribution >= 0.6 is 11.8 Å². The highest BCUT2D eigenvalue weighted by Crippen LogP contribution is 2.19. The van der Waals surface area contributed by atoms with E-state index in [1.807, 2.05) is 6.92 Å². The first kappa shape index (κ1) is 17.8. The number of thioether (sulfide) groups is 1. The lowest BCUT2D eigenvalue weighted by atomic mass is 9.95. The molecule has 0 unspecified atom stereocenters. The zero-order valence-electron chi connectivity index (χ0n) is 13.6. The first-order valence-corrected chi connectivity index (χ1v) is 9.33. The van der Waals surface area contributed by atoms with E-state index < -0.39 is 0 Å². The standard InChI is InChI=1S/C16H25N3O3S/c1-2-3-9-12-14(21)18-16(19-15(12)22)23-10-13(20)17-11-7-5-4-6-8-11/h11H,2-10H2,1H3,(H,17,20)(H2,18,19,21,22). The van der Waals surface area contributed by atoms with E-state index in [4.69, 9.17) is 0 Å². The molecule has 3 N–H and O–H groups in total. The molecule has 1 aliphatic carbocycles. The van der Waals surface area contributed by atoms with Gasteiger partial charge in [0.15, 0.2) is 5.16 Å². The molecule has 0 aromatic carbocycles. The van der Waals surface area contributed by atoms with Gasteiger partial charge in [0.2, 0.25) is 11.8 Å². The molecule has 1 saturated carbocycles. The lowest BCUT2D eigenvalue weighted by Crippen LogP contribution is -2.37. The van der Waals surface area contributed by atoms with Gasteiger partial charge in [-0.15, -0.1) is 0 Å². The fourth-order valence-electron chi connectivity index (χ4n) is 2.76. The van der Waals surface area contributed by atoms with Gasteiger partial charge < -0.3 is 15.4 Å². The second-order valence-corrected chi connectivity index (χ2v) is 6.93. The van der Waals surface area contributed by atoms with E-state index in [0.29, 0.717) is 12.0 Å².